The van der Waals surface area contributed by atoms with E-state index >= 15 is 0 Å². The molecule has 1 atom stereocenters. The molecule has 45 heavy (non-hydrogen) atoms. The summed E-state index contributed by atoms with van der Waals surface area (Å²) in [4.78, 5) is 29.6. The highest BCUT2D eigenvalue weighted by molar-refractivity contribution is 7.92. The fourth-order valence-electron chi connectivity index (χ4n) is 5.09. The number of anilines is 1. The average molecular weight is 628 g/mol. The largest absolute Gasteiger partial charge is 0.497 e. The molecule has 0 saturated carbocycles. The summed E-state index contributed by atoms with van der Waals surface area (Å²) >= 11 is 0. The topological polar surface area (TPSA) is 96.0 Å². The van der Waals surface area contributed by atoms with Gasteiger partial charge in [-0.1, -0.05) is 86.6 Å². The Morgan fingerprint density at radius 2 is 1.44 bits per heavy atom. The third-order valence-electron chi connectivity index (χ3n) is 7.57. The summed E-state index contributed by atoms with van der Waals surface area (Å²) in [6.45, 7) is 5.87. The predicted molar refractivity (Wildman–Crippen MR) is 178 cm³/mol. The number of sulfonamides is 1. The van der Waals surface area contributed by atoms with Crippen LogP contribution in [0.3, 0.4) is 0 Å². The van der Waals surface area contributed by atoms with Crippen molar-refractivity contribution in [3.05, 3.63) is 126 Å². The lowest BCUT2D eigenvalue weighted by Crippen LogP contribution is -2.53. The normalized spacial score (nSPS) is 11.9. The van der Waals surface area contributed by atoms with Crippen molar-refractivity contribution in [2.24, 2.45) is 0 Å². The van der Waals surface area contributed by atoms with Gasteiger partial charge in [0.1, 0.15) is 18.3 Å². The number of amides is 2. The van der Waals surface area contributed by atoms with Crippen LogP contribution in [-0.2, 0) is 32.6 Å². The Hall–Kier alpha value is -4.63. The lowest BCUT2D eigenvalue weighted by Gasteiger charge is -2.34. The van der Waals surface area contributed by atoms with E-state index in [0.717, 1.165) is 21.0 Å². The molecule has 4 rings (SSSR count). The Morgan fingerprint density at radius 1 is 0.822 bits per heavy atom. The Bertz CT molecular complexity index is 1660. The molecule has 0 aliphatic carbocycles. The number of nitrogens with zero attached hydrogens (tertiary/aromatic N) is 2. The first-order chi connectivity index (χ1) is 21.6. The first-order valence-electron chi connectivity index (χ1n) is 15.1. The average Bonchev–Trinajstić information content (AvgIpc) is 3.06. The quantitative estimate of drug-likeness (QED) is 0.191. The molecule has 0 heterocycles. The van der Waals surface area contributed by atoms with Gasteiger partial charge in [-0.05, 0) is 65.9 Å². The molecule has 4 aromatic rings. The van der Waals surface area contributed by atoms with E-state index in [9.17, 15) is 18.0 Å². The van der Waals surface area contributed by atoms with Crippen molar-refractivity contribution in [3.63, 3.8) is 0 Å². The fourth-order valence-corrected chi connectivity index (χ4v) is 6.52. The van der Waals surface area contributed by atoms with Crippen molar-refractivity contribution in [3.8, 4) is 5.75 Å². The summed E-state index contributed by atoms with van der Waals surface area (Å²) in [6, 6.07) is 31.1. The van der Waals surface area contributed by atoms with Crippen LogP contribution in [0.25, 0.3) is 0 Å². The van der Waals surface area contributed by atoms with Crippen LogP contribution in [0.5, 0.6) is 5.75 Å². The zero-order chi connectivity index (χ0) is 32.4. The Kier molecular flexibility index (Phi) is 11.4. The van der Waals surface area contributed by atoms with Gasteiger partial charge in [0.2, 0.25) is 11.8 Å². The van der Waals surface area contributed by atoms with E-state index in [1.165, 1.54) is 17.0 Å². The summed E-state index contributed by atoms with van der Waals surface area (Å²) in [7, 11) is -2.59. The van der Waals surface area contributed by atoms with Gasteiger partial charge in [0.05, 0.1) is 17.7 Å². The maximum atomic E-state index is 14.5. The number of hydrogen-bond acceptors (Lipinski definition) is 5. The van der Waals surface area contributed by atoms with Crippen molar-refractivity contribution < 1.29 is 22.7 Å². The summed E-state index contributed by atoms with van der Waals surface area (Å²) < 4.78 is 34.8. The van der Waals surface area contributed by atoms with Gasteiger partial charge in [0.15, 0.2) is 0 Å². The summed E-state index contributed by atoms with van der Waals surface area (Å²) in [5.41, 5.74) is 3.01. The van der Waals surface area contributed by atoms with Crippen LogP contribution in [-0.4, -0.2) is 51.4 Å². The number of ether oxygens (including phenoxy) is 1. The van der Waals surface area contributed by atoms with Crippen molar-refractivity contribution >= 4 is 27.5 Å². The zero-order valence-electron chi connectivity index (χ0n) is 26.2. The van der Waals surface area contributed by atoms with Crippen molar-refractivity contribution in [2.75, 3.05) is 24.5 Å². The third kappa shape index (κ3) is 8.51. The van der Waals surface area contributed by atoms with Gasteiger partial charge in [0, 0.05) is 19.5 Å². The first kappa shape index (κ1) is 33.3. The lowest BCUT2D eigenvalue weighted by molar-refractivity contribution is -0.140. The van der Waals surface area contributed by atoms with Gasteiger partial charge in [-0.2, -0.15) is 0 Å². The SMILES string of the molecule is CCNC(=O)C(Cc1ccccc1)N(Cc1cccc(OC)c1)C(=O)CN(c1ccc(C(C)C)cc1)S(=O)(=O)c1ccccc1. The van der Waals surface area contributed by atoms with Gasteiger partial charge in [-0.25, -0.2) is 8.42 Å². The summed E-state index contributed by atoms with van der Waals surface area (Å²) in [5.74, 6) is 0.0129. The van der Waals surface area contributed by atoms with E-state index in [-0.39, 0.29) is 29.7 Å². The maximum absolute atomic E-state index is 14.5. The molecular weight excluding hydrogens is 586 g/mol. The van der Waals surface area contributed by atoms with E-state index in [2.05, 4.69) is 19.2 Å². The van der Waals surface area contributed by atoms with Crippen LogP contribution in [0.2, 0.25) is 0 Å². The number of hydrogen-bond donors (Lipinski definition) is 1. The van der Waals surface area contributed by atoms with Crippen molar-refractivity contribution in [2.45, 2.75) is 50.6 Å². The lowest BCUT2D eigenvalue weighted by atomic mass is 10.0. The van der Waals surface area contributed by atoms with Crippen LogP contribution in [0, 0.1) is 0 Å². The highest BCUT2D eigenvalue weighted by atomic mass is 32.2. The molecule has 0 spiro atoms. The van der Waals surface area contributed by atoms with Crippen molar-refractivity contribution in [1.82, 2.24) is 10.2 Å². The molecule has 0 saturated heterocycles. The van der Waals surface area contributed by atoms with Gasteiger partial charge in [-0.3, -0.25) is 13.9 Å². The second kappa shape index (κ2) is 15.4. The van der Waals surface area contributed by atoms with Gasteiger partial charge < -0.3 is 15.0 Å². The molecule has 9 heteroatoms. The molecule has 8 nitrogen and oxygen atoms in total. The number of likely N-dealkylation sites (N-methyl/N-ethyl adjacent to an activating group) is 1. The second-order valence-corrected chi connectivity index (χ2v) is 12.9. The number of rotatable bonds is 14. The second-order valence-electron chi connectivity index (χ2n) is 11.0. The monoisotopic (exact) mass is 627 g/mol. The van der Waals surface area contributed by atoms with E-state index in [4.69, 9.17) is 4.74 Å². The molecule has 2 amide bonds. The van der Waals surface area contributed by atoms with Crippen LogP contribution >= 0.6 is 0 Å². The van der Waals surface area contributed by atoms with E-state index in [1.807, 2.05) is 61.5 Å². The number of benzene rings is 4. The molecule has 1 N–H and O–H groups in total. The van der Waals surface area contributed by atoms with Crippen LogP contribution in [0.1, 0.15) is 43.4 Å². The van der Waals surface area contributed by atoms with Crippen LogP contribution in [0.4, 0.5) is 5.69 Å². The molecule has 0 radical (unpaired) electrons. The smallest absolute Gasteiger partial charge is 0.264 e. The Labute approximate surface area is 266 Å². The Morgan fingerprint density at radius 3 is 2.04 bits per heavy atom. The minimum atomic E-state index is -4.15. The van der Waals surface area contributed by atoms with Crippen LogP contribution < -0.4 is 14.4 Å². The molecule has 0 aromatic heterocycles. The highest BCUT2D eigenvalue weighted by Crippen LogP contribution is 2.27. The number of methoxy groups -OCH3 is 1. The minimum Gasteiger partial charge on any atom is -0.497 e. The molecule has 0 aliphatic rings. The van der Waals surface area contributed by atoms with E-state index in [1.54, 1.807) is 49.6 Å². The molecule has 1 unspecified atom stereocenters. The number of carbonyl (C=O) groups excluding carboxylic acids is 2. The molecular formula is C36H41N3O5S. The van der Waals surface area contributed by atoms with Gasteiger partial charge in [-0.15, -0.1) is 0 Å². The van der Waals surface area contributed by atoms with E-state index in [0.29, 0.717) is 18.0 Å². The molecule has 0 aliphatic heterocycles. The van der Waals surface area contributed by atoms with Gasteiger partial charge in [0.25, 0.3) is 10.0 Å². The number of carbonyl (C=O) groups is 2. The molecule has 4 aromatic carbocycles. The first-order valence-corrected chi connectivity index (χ1v) is 16.5. The summed E-state index contributed by atoms with van der Waals surface area (Å²) in [5, 5.41) is 2.88. The van der Waals surface area contributed by atoms with Crippen LogP contribution in [0.15, 0.2) is 114 Å². The molecule has 0 fully saturated rings. The van der Waals surface area contributed by atoms with E-state index < -0.39 is 28.5 Å². The molecule has 236 valence electrons. The van der Waals surface area contributed by atoms with Gasteiger partial charge >= 0.3 is 0 Å². The predicted octanol–water partition coefficient (Wildman–Crippen LogP) is 5.79. The standard InChI is InChI=1S/C36H41N3O5S/c1-5-37-36(41)34(24-28-13-8-6-9-14-28)38(25-29-15-12-16-32(23-29)44-4)35(40)26-39(31-21-19-30(20-22-31)27(2)3)45(42,43)33-17-10-7-11-18-33/h6-23,27,34H,5,24-26H2,1-4H3,(H,37,41). The maximum Gasteiger partial charge on any atom is 0.264 e. The third-order valence-corrected chi connectivity index (χ3v) is 9.36. The minimum absolute atomic E-state index is 0.0645. The molecule has 0 bridgehead atoms. The number of nitrogens with one attached hydrogen (secondary N) is 1. The highest BCUT2D eigenvalue weighted by Gasteiger charge is 2.34. The fraction of sp³-hybridized carbons (Fsp3) is 0.278. The Balaban J connectivity index is 1.80. The summed E-state index contributed by atoms with van der Waals surface area (Å²) in [6.07, 6.45) is 0.247. The van der Waals surface area contributed by atoms with Crippen molar-refractivity contribution in [1.29, 1.82) is 0 Å². The zero-order valence-corrected chi connectivity index (χ0v) is 27.0.